The van der Waals surface area contributed by atoms with Gasteiger partial charge < -0.3 is 10.00 Å². The van der Waals surface area contributed by atoms with Crippen molar-refractivity contribution in [1.82, 2.24) is 0 Å². The lowest BCUT2D eigenvalue weighted by Gasteiger charge is -2.17. The molecule has 0 bridgehead atoms. The monoisotopic (exact) mass is 290 g/mol. The minimum absolute atomic E-state index is 0.206. The molecule has 17 heavy (non-hydrogen) atoms. The van der Waals surface area contributed by atoms with Gasteiger partial charge in [-0.05, 0) is 17.5 Å². The normalized spacial score (nSPS) is 26.5. The Morgan fingerprint density at radius 3 is 2.82 bits per heavy atom. The number of aliphatic hydroxyl groups is 1. The van der Waals surface area contributed by atoms with Crippen LogP contribution in [0, 0.1) is 0 Å². The molecule has 1 aliphatic rings. The van der Waals surface area contributed by atoms with Gasteiger partial charge in [0.2, 0.25) is 0 Å². The average molecular weight is 290 g/mol. The average Bonchev–Trinajstić information content (AvgIpc) is 2.56. The summed E-state index contributed by atoms with van der Waals surface area (Å²) in [6.45, 7) is 1.86. The van der Waals surface area contributed by atoms with Crippen LogP contribution in [0.4, 0.5) is 0 Å². The van der Waals surface area contributed by atoms with E-state index < -0.39 is 11.9 Å². The first-order chi connectivity index (χ1) is 8.03. The number of fused-ring (bicyclic) bond motifs is 1. The van der Waals surface area contributed by atoms with E-state index in [1.165, 1.54) is 0 Å². The standard InChI is InChI=1S/C11H15O3PS2/c1-2-16-15(13,14)17-10-7-8-5-3-4-6-9(8)11(10)12/h3-6,10-12H,2,7H2,1H3,(H,13,14). The summed E-state index contributed by atoms with van der Waals surface area (Å²) < 4.78 is 11.8. The molecule has 0 amide bonds. The highest BCUT2D eigenvalue weighted by molar-refractivity contribution is 8.89. The number of benzene rings is 1. The Hall–Kier alpha value is 0.0700. The fourth-order valence-electron chi connectivity index (χ4n) is 2.00. The fraction of sp³-hybridized carbons (Fsp3) is 0.455. The maximum atomic E-state index is 11.8. The van der Waals surface area contributed by atoms with Gasteiger partial charge in [-0.1, -0.05) is 54.0 Å². The fourth-order valence-corrected chi connectivity index (χ4v) is 8.49. The summed E-state index contributed by atoms with van der Waals surface area (Å²) in [7, 11) is 0. The summed E-state index contributed by atoms with van der Waals surface area (Å²) in [5.41, 5.74) is 1.98. The van der Waals surface area contributed by atoms with Crippen LogP contribution in [-0.2, 0) is 11.0 Å². The van der Waals surface area contributed by atoms with E-state index in [0.717, 1.165) is 33.9 Å². The maximum absolute atomic E-state index is 11.8. The molecule has 1 aliphatic carbocycles. The number of hydrogen-bond donors (Lipinski definition) is 2. The molecule has 0 saturated carbocycles. The van der Waals surface area contributed by atoms with Crippen LogP contribution in [0.15, 0.2) is 24.3 Å². The van der Waals surface area contributed by atoms with E-state index in [4.69, 9.17) is 0 Å². The molecule has 2 rings (SSSR count). The van der Waals surface area contributed by atoms with Gasteiger partial charge in [0.05, 0.1) is 6.10 Å². The predicted molar refractivity (Wildman–Crippen MR) is 74.4 cm³/mol. The Morgan fingerprint density at radius 1 is 1.47 bits per heavy atom. The van der Waals surface area contributed by atoms with Crippen molar-refractivity contribution in [3.8, 4) is 0 Å². The van der Waals surface area contributed by atoms with Gasteiger partial charge in [0.25, 0.3) is 0 Å². The van der Waals surface area contributed by atoms with Crippen LogP contribution in [0.2, 0.25) is 0 Å². The third-order valence-corrected chi connectivity index (χ3v) is 9.34. The lowest BCUT2D eigenvalue weighted by molar-refractivity contribution is 0.186. The Morgan fingerprint density at radius 2 is 2.18 bits per heavy atom. The molecule has 94 valence electrons. The number of aliphatic hydroxyl groups excluding tert-OH is 1. The molecule has 1 aromatic carbocycles. The largest absolute Gasteiger partial charge is 0.387 e. The van der Waals surface area contributed by atoms with Crippen LogP contribution in [-0.4, -0.2) is 21.0 Å². The molecular formula is C11H15O3PS2. The van der Waals surface area contributed by atoms with E-state index in [0.29, 0.717) is 12.2 Å². The minimum Gasteiger partial charge on any atom is -0.387 e. The molecule has 1 aromatic rings. The summed E-state index contributed by atoms with van der Waals surface area (Å²) >= 11 is 2.09. The van der Waals surface area contributed by atoms with Gasteiger partial charge in [-0.25, -0.2) is 0 Å². The summed E-state index contributed by atoms with van der Waals surface area (Å²) in [6, 6.07) is 7.66. The third-order valence-electron chi connectivity index (χ3n) is 2.71. The Kier molecular flexibility index (Phi) is 4.26. The summed E-state index contributed by atoms with van der Waals surface area (Å²) in [4.78, 5) is 9.74. The summed E-state index contributed by atoms with van der Waals surface area (Å²) in [5, 5.41) is 9.90. The smallest absolute Gasteiger partial charge is 0.311 e. The first-order valence-electron chi connectivity index (χ1n) is 5.45. The zero-order valence-corrected chi connectivity index (χ0v) is 12.0. The molecule has 0 radical (unpaired) electrons. The summed E-state index contributed by atoms with van der Waals surface area (Å²) in [6.07, 6.45) is 0.0331. The highest BCUT2D eigenvalue weighted by Crippen LogP contribution is 2.68. The van der Waals surface area contributed by atoms with Crippen molar-refractivity contribution < 1.29 is 14.6 Å². The number of rotatable bonds is 4. The van der Waals surface area contributed by atoms with E-state index in [-0.39, 0.29) is 5.25 Å². The third kappa shape index (κ3) is 3.09. The van der Waals surface area contributed by atoms with Crippen LogP contribution in [0.5, 0.6) is 0 Å². The van der Waals surface area contributed by atoms with E-state index in [1.54, 1.807) is 0 Å². The molecule has 0 aliphatic heterocycles. The lowest BCUT2D eigenvalue weighted by Crippen LogP contribution is -2.08. The number of hydrogen-bond acceptors (Lipinski definition) is 4. The van der Waals surface area contributed by atoms with Crippen LogP contribution in [0.3, 0.4) is 0 Å². The second-order valence-corrected chi connectivity index (χ2v) is 11.5. The van der Waals surface area contributed by atoms with Crippen molar-refractivity contribution in [1.29, 1.82) is 0 Å². The molecule has 0 fully saturated rings. The molecule has 3 unspecified atom stereocenters. The van der Waals surface area contributed by atoms with Gasteiger partial charge in [0.15, 0.2) is 0 Å². The zero-order valence-electron chi connectivity index (χ0n) is 9.44. The molecule has 6 heteroatoms. The highest BCUT2D eigenvalue weighted by atomic mass is 33.1. The Balaban J connectivity index is 2.10. The van der Waals surface area contributed by atoms with E-state index in [9.17, 15) is 14.6 Å². The van der Waals surface area contributed by atoms with Gasteiger partial charge in [-0.3, -0.25) is 4.57 Å². The van der Waals surface area contributed by atoms with Crippen molar-refractivity contribution >= 4 is 28.5 Å². The van der Waals surface area contributed by atoms with Crippen LogP contribution in [0.1, 0.15) is 24.2 Å². The van der Waals surface area contributed by atoms with Crippen molar-refractivity contribution in [3.05, 3.63) is 35.4 Å². The molecule has 0 saturated heterocycles. The summed E-state index contributed by atoms with van der Waals surface area (Å²) in [5.74, 6) is -2.63. The van der Waals surface area contributed by atoms with Crippen molar-refractivity contribution in [2.24, 2.45) is 0 Å². The molecule has 0 spiro atoms. The molecular weight excluding hydrogens is 275 g/mol. The highest BCUT2D eigenvalue weighted by Gasteiger charge is 2.36. The SMILES string of the molecule is CCSP(=O)(O)SC1Cc2ccccc2C1O. The Labute approximate surface area is 109 Å². The van der Waals surface area contributed by atoms with Gasteiger partial charge in [-0.2, -0.15) is 0 Å². The maximum Gasteiger partial charge on any atom is 0.311 e. The second kappa shape index (κ2) is 5.37. The minimum atomic E-state index is -3.23. The molecule has 3 nitrogen and oxygen atoms in total. The lowest BCUT2D eigenvalue weighted by atomic mass is 10.1. The van der Waals surface area contributed by atoms with E-state index in [1.807, 2.05) is 31.2 Å². The van der Waals surface area contributed by atoms with Crippen LogP contribution < -0.4 is 0 Å². The van der Waals surface area contributed by atoms with Crippen molar-refractivity contribution in [2.75, 3.05) is 5.75 Å². The van der Waals surface area contributed by atoms with Crippen LogP contribution >= 0.6 is 28.5 Å². The second-order valence-electron chi connectivity index (χ2n) is 3.88. The van der Waals surface area contributed by atoms with E-state index >= 15 is 0 Å². The molecule has 3 atom stereocenters. The topological polar surface area (TPSA) is 57.5 Å². The van der Waals surface area contributed by atoms with Gasteiger partial charge in [0.1, 0.15) is 0 Å². The van der Waals surface area contributed by atoms with E-state index in [2.05, 4.69) is 0 Å². The van der Waals surface area contributed by atoms with Crippen LogP contribution in [0.25, 0.3) is 0 Å². The first-order valence-corrected chi connectivity index (χ1v) is 10.2. The van der Waals surface area contributed by atoms with Gasteiger partial charge >= 0.3 is 5.77 Å². The Bertz CT molecular complexity index is 452. The van der Waals surface area contributed by atoms with Gasteiger partial charge in [-0.15, -0.1) is 0 Å². The first kappa shape index (κ1) is 13.5. The quantitative estimate of drug-likeness (QED) is 0.834. The van der Waals surface area contributed by atoms with Crippen molar-refractivity contribution in [2.45, 2.75) is 24.7 Å². The van der Waals surface area contributed by atoms with Crippen molar-refractivity contribution in [3.63, 3.8) is 0 Å². The molecule has 0 heterocycles. The molecule has 2 N–H and O–H groups in total. The molecule has 0 aromatic heterocycles. The zero-order chi connectivity index (χ0) is 12.5. The predicted octanol–water partition coefficient (Wildman–Crippen LogP) is 3.23. The van der Waals surface area contributed by atoms with Gasteiger partial charge in [0, 0.05) is 11.0 Å².